The Bertz CT molecular complexity index is 748. The molecule has 2 aromatic carbocycles. The Hall–Kier alpha value is -2.27. The van der Waals surface area contributed by atoms with Gasteiger partial charge in [-0.15, -0.1) is 0 Å². The quantitative estimate of drug-likeness (QED) is 0.863. The monoisotopic (exact) mass is 345 g/mol. The van der Waals surface area contributed by atoms with Crippen LogP contribution in [0.25, 0.3) is 0 Å². The fourth-order valence-electron chi connectivity index (χ4n) is 3.25. The summed E-state index contributed by atoms with van der Waals surface area (Å²) in [6.45, 7) is 5.92. The van der Waals surface area contributed by atoms with Gasteiger partial charge in [0.05, 0.1) is 26.4 Å². The van der Waals surface area contributed by atoms with Crippen LogP contribution in [-0.2, 0) is 6.42 Å². The molecule has 0 bridgehead atoms. The van der Waals surface area contributed by atoms with Crippen molar-refractivity contribution in [3.8, 4) is 17.2 Å². The number of nitrogens with one attached hydrogen (secondary N) is 1. The maximum absolute atomic E-state index is 13.8. The van der Waals surface area contributed by atoms with Crippen LogP contribution >= 0.6 is 0 Å². The van der Waals surface area contributed by atoms with Gasteiger partial charge in [0, 0.05) is 6.54 Å². The summed E-state index contributed by atoms with van der Waals surface area (Å²) in [6.07, 6.45) is 0.913. The number of methoxy groups -OCH3 is 1. The third-order valence-corrected chi connectivity index (χ3v) is 4.37. The maximum atomic E-state index is 13.8. The van der Waals surface area contributed by atoms with Crippen LogP contribution in [0.15, 0.2) is 30.3 Å². The third kappa shape index (κ3) is 3.56. The lowest BCUT2D eigenvalue weighted by atomic mass is 9.89. The molecular formula is C20H24FNO3. The van der Waals surface area contributed by atoms with E-state index in [0.29, 0.717) is 13.2 Å². The smallest absolute Gasteiger partial charge is 0.165 e. The zero-order chi connectivity index (χ0) is 17.8. The lowest BCUT2D eigenvalue weighted by Crippen LogP contribution is -2.30. The first-order valence-electron chi connectivity index (χ1n) is 8.67. The van der Waals surface area contributed by atoms with Gasteiger partial charge in [-0.2, -0.15) is 0 Å². The number of hydrogen-bond donors (Lipinski definition) is 1. The molecule has 0 aromatic heterocycles. The van der Waals surface area contributed by atoms with E-state index in [1.165, 1.54) is 18.7 Å². The highest BCUT2D eigenvalue weighted by Crippen LogP contribution is 2.38. The van der Waals surface area contributed by atoms with Crippen molar-refractivity contribution in [2.75, 3.05) is 26.9 Å². The summed E-state index contributed by atoms with van der Waals surface area (Å²) in [5.41, 5.74) is 3.32. The van der Waals surface area contributed by atoms with Gasteiger partial charge in [-0.05, 0) is 61.2 Å². The second-order valence-electron chi connectivity index (χ2n) is 5.89. The summed E-state index contributed by atoms with van der Waals surface area (Å²) in [5, 5.41) is 3.51. The highest BCUT2D eigenvalue weighted by molar-refractivity contribution is 5.52. The highest BCUT2D eigenvalue weighted by atomic mass is 19.1. The molecule has 0 aliphatic carbocycles. The largest absolute Gasteiger partial charge is 0.494 e. The van der Waals surface area contributed by atoms with Crippen molar-refractivity contribution in [3.05, 3.63) is 52.8 Å². The summed E-state index contributed by atoms with van der Waals surface area (Å²) in [6, 6.07) is 9.06. The Labute approximate surface area is 147 Å². The molecular weight excluding hydrogens is 321 g/mol. The standard InChI is InChI=1S/C20H24FNO3/c1-4-24-18-10-13-8-9-22-20(15(13)12-19(18)25-5-2)14-6-7-16(21)17(11-14)23-3/h6-7,10-12,20,22H,4-5,8-9H2,1-3H3. The minimum atomic E-state index is -0.357. The first-order valence-corrected chi connectivity index (χ1v) is 8.67. The van der Waals surface area contributed by atoms with E-state index >= 15 is 0 Å². The van der Waals surface area contributed by atoms with Crippen molar-refractivity contribution in [3.63, 3.8) is 0 Å². The molecule has 0 saturated carbocycles. The lowest BCUT2D eigenvalue weighted by molar-refractivity contribution is 0.286. The van der Waals surface area contributed by atoms with E-state index in [2.05, 4.69) is 11.4 Å². The van der Waals surface area contributed by atoms with Gasteiger partial charge in [0.15, 0.2) is 23.1 Å². The van der Waals surface area contributed by atoms with Gasteiger partial charge < -0.3 is 19.5 Å². The molecule has 0 radical (unpaired) electrons. The van der Waals surface area contributed by atoms with Crippen LogP contribution in [0, 0.1) is 5.82 Å². The molecule has 0 amide bonds. The summed E-state index contributed by atoms with van der Waals surface area (Å²) in [7, 11) is 1.48. The van der Waals surface area contributed by atoms with Crippen LogP contribution in [0.5, 0.6) is 17.2 Å². The number of benzene rings is 2. The average Bonchev–Trinajstić information content (AvgIpc) is 2.63. The average molecular weight is 345 g/mol. The topological polar surface area (TPSA) is 39.7 Å². The predicted molar refractivity (Wildman–Crippen MR) is 95.3 cm³/mol. The Morgan fingerprint density at radius 1 is 1.04 bits per heavy atom. The van der Waals surface area contributed by atoms with Gasteiger partial charge in [0.25, 0.3) is 0 Å². The number of hydrogen-bond acceptors (Lipinski definition) is 4. The Kier molecular flexibility index (Phi) is 5.43. The van der Waals surface area contributed by atoms with Gasteiger partial charge in [0.1, 0.15) is 0 Å². The van der Waals surface area contributed by atoms with E-state index in [-0.39, 0.29) is 17.6 Å². The molecule has 3 rings (SSSR count). The molecule has 1 aliphatic rings. The van der Waals surface area contributed by atoms with Crippen molar-refractivity contribution in [2.24, 2.45) is 0 Å². The molecule has 0 fully saturated rings. The fourth-order valence-corrected chi connectivity index (χ4v) is 3.25. The van der Waals surface area contributed by atoms with Crippen molar-refractivity contribution in [1.29, 1.82) is 0 Å². The first kappa shape index (κ1) is 17.5. The summed E-state index contributed by atoms with van der Waals surface area (Å²) in [4.78, 5) is 0. The number of ether oxygens (including phenoxy) is 3. The van der Waals surface area contributed by atoms with Crippen LogP contribution < -0.4 is 19.5 Å². The molecule has 0 spiro atoms. The van der Waals surface area contributed by atoms with Gasteiger partial charge in [-0.3, -0.25) is 0 Å². The SMILES string of the molecule is CCOc1cc2c(cc1OCC)C(c1ccc(F)c(OC)c1)NCC2. The van der Waals surface area contributed by atoms with E-state index in [4.69, 9.17) is 14.2 Å². The normalized spacial score (nSPS) is 16.2. The zero-order valence-corrected chi connectivity index (χ0v) is 14.9. The minimum absolute atomic E-state index is 0.0341. The van der Waals surface area contributed by atoms with Gasteiger partial charge >= 0.3 is 0 Å². The molecule has 5 heteroatoms. The molecule has 1 atom stereocenters. The second-order valence-corrected chi connectivity index (χ2v) is 5.89. The molecule has 1 N–H and O–H groups in total. The molecule has 2 aromatic rings. The van der Waals surface area contributed by atoms with Crippen LogP contribution in [-0.4, -0.2) is 26.9 Å². The summed E-state index contributed by atoms with van der Waals surface area (Å²) in [5.74, 6) is 1.41. The van der Waals surface area contributed by atoms with Crippen LogP contribution in [0.1, 0.15) is 36.6 Å². The third-order valence-electron chi connectivity index (χ3n) is 4.37. The number of rotatable bonds is 6. The van der Waals surface area contributed by atoms with Gasteiger partial charge in [0.2, 0.25) is 0 Å². The van der Waals surface area contributed by atoms with Crippen LogP contribution in [0.4, 0.5) is 4.39 Å². The molecule has 0 saturated heterocycles. The van der Waals surface area contributed by atoms with Crippen molar-refractivity contribution < 1.29 is 18.6 Å². The molecule has 4 nitrogen and oxygen atoms in total. The van der Waals surface area contributed by atoms with Crippen LogP contribution in [0.2, 0.25) is 0 Å². The molecule has 1 unspecified atom stereocenters. The molecule has 25 heavy (non-hydrogen) atoms. The summed E-state index contributed by atoms with van der Waals surface area (Å²) >= 11 is 0. The maximum Gasteiger partial charge on any atom is 0.165 e. The van der Waals surface area contributed by atoms with E-state index in [1.54, 1.807) is 12.1 Å². The zero-order valence-electron chi connectivity index (χ0n) is 14.9. The molecule has 134 valence electrons. The number of halogens is 1. The number of fused-ring (bicyclic) bond motifs is 1. The van der Waals surface area contributed by atoms with Gasteiger partial charge in [-0.25, -0.2) is 4.39 Å². The summed E-state index contributed by atoms with van der Waals surface area (Å²) < 4.78 is 30.4. The van der Waals surface area contributed by atoms with E-state index in [0.717, 1.165) is 35.6 Å². The molecule has 1 heterocycles. The van der Waals surface area contributed by atoms with Crippen molar-refractivity contribution in [1.82, 2.24) is 5.32 Å². The Morgan fingerprint density at radius 3 is 2.44 bits per heavy atom. The van der Waals surface area contributed by atoms with E-state index in [9.17, 15) is 4.39 Å². The van der Waals surface area contributed by atoms with E-state index in [1.807, 2.05) is 19.9 Å². The first-order chi connectivity index (χ1) is 12.2. The fraction of sp³-hybridized carbons (Fsp3) is 0.400. The predicted octanol–water partition coefficient (Wildman–Crippen LogP) is 3.87. The van der Waals surface area contributed by atoms with Gasteiger partial charge in [-0.1, -0.05) is 6.07 Å². The minimum Gasteiger partial charge on any atom is -0.494 e. The Morgan fingerprint density at radius 2 is 1.76 bits per heavy atom. The second kappa shape index (κ2) is 7.74. The van der Waals surface area contributed by atoms with Crippen molar-refractivity contribution >= 4 is 0 Å². The molecule has 1 aliphatic heterocycles. The van der Waals surface area contributed by atoms with Crippen LogP contribution in [0.3, 0.4) is 0 Å². The highest BCUT2D eigenvalue weighted by Gasteiger charge is 2.25. The van der Waals surface area contributed by atoms with E-state index < -0.39 is 0 Å². The van der Waals surface area contributed by atoms with Crippen molar-refractivity contribution in [2.45, 2.75) is 26.3 Å². The Balaban J connectivity index is 2.04. The lowest BCUT2D eigenvalue weighted by Gasteiger charge is -2.29.